The highest BCUT2D eigenvalue weighted by atomic mass is 32.2. The molecule has 1 unspecified atom stereocenters. The van der Waals surface area contributed by atoms with E-state index in [2.05, 4.69) is 0 Å². The third-order valence-electron chi connectivity index (χ3n) is 1.49. The second-order valence-corrected chi connectivity index (χ2v) is 4.93. The summed E-state index contributed by atoms with van der Waals surface area (Å²) in [6.07, 6.45) is -0.569. The van der Waals surface area contributed by atoms with Crippen molar-refractivity contribution < 1.29 is 28.2 Å². The molecule has 0 radical (unpaired) electrons. The summed E-state index contributed by atoms with van der Waals surface area (Å²) in [5.74, 6) is -3.37. The van der Waals surface area contributed by atoms with Crippen LogP contribution >= 0.6 is 0 Å². The molecule has 0 saturated carbocycles. The van der Waals surface area contributed by atoms with Crippen molar-refractivity contribution in [2.45, 2.75) is 18.6 Å². The Bertz CT molecular complexity index is 303. The van der Waals surface area contributed by atoms with E-state index in [4.69, 9.17) is 10.2 Å². The van der Waals surface area contributed by atoms with Crippen molar-refractivity contribution in [3.8, 4) is 0 Å². The average molecular weight is 210 g/mol. The van der Waals surface area contributed by atoms with Crippen LogP contribution in [0.25, 0.3) is 0 Å². The van der Waals surface area contributed by atoms with E-state index in [0.717, 1.165) is 6.92 Å². The molecule has 0 aliphatic heterocycles. The number of rotatable bonds is 5. The van der Waals surface area contributed by atoms with Gasteiger partial charge in [-0.1, -0.05) is 0 Å². The number of hydrogen-bond acceptors (Lipinski definition) is 4. The summed E-state index contributed by atoms with van der Waals surface area (Å²) in [7, 11) is -3.83. The molecular weight excluding hydrogens is 200 g/mol. The number of carboxylic acid groups (broad SMARTS) is 2. The second kappa shape index (κ2) is 4.22. The van der Waals surface area contributed by atoms with Crippen molar-refractivity contribution in [3.63, 3.8) is 0 Å². The average Bonchev–Trinajstić information content (AvgIpc) is 1.99. The van der Waals surface area contributed by atoms with Gasteiger partial charge in [0.2, 0.25) is 0 Å². The molecule has 6 nitrogen and oxygen atoms in total. The van der Waals surface area contributed by atoms with Crippen LogP contribution in [-0.2, 0) is 19.4 Å². The summed E-state index contributed by atoms with van der Waals surface area (Å²) in [5.41, 5.74) is 0. The molecule has 0 spiro atoms. The van der Waals surface area contributed by atoms with Gasteiger partial charge in [0.15, 0.2) is 15.1 Å². The predicted octanol–water partition coefficient (Wildman–Crippen LogP) is -0.651. The molecule has 0 aliphatic carbocycles. The molecule has 76 valence electrons. The van der Waals surface area contributed by atoms with Crippen molar-refractivity contribution in [1.29, 1.82) is 0 Å². The van der Waals surface area contributed by atoms with Crippen LogP contribution in [0, 0.1) is 0 Å². The van der Waals surface area contributed by atoms with E-state index in [-0.39, 0.29) is 0 Å². The Kier molecular flexibility index (Phi) is 3.86. The van der Waals surface area contributed by atoms with E-state index in [1.165, 1.54) is 0 Å². The molecular formula is C6H10O6S. The molecule has 0 rings (SSSR count). The lowest BCUT2D eigenvalue weighted by Gasteiger charge is -2.05. The highest BCUT2D eigenvalue weighted by Crippen LogP contribution is 2.03. The zero-order valence-electron chi connectivity index (χ0n) is 6.93. The van der Waals surface area contributed by atoms with Gasteiger partial charge in [-0.2, -0.15) is 0 Å². The highest BCUT2D eigenvalue weighted by molar-refractivity contribution is 7.92. The Labute approximate surface area is 75.1 Å². The summed E-state index contributed by atoms with van der Waals surface area (Å²) < 4.78 is 22.1. The molecule has 7 heteroatoms. The first kappa shape index (κ1) is 11.9. The topological polar surface area (TPSA) is 109 Å². The fourth-order valence-electron chi connectivity index (χ4n) is 0.560. The van der Waals surface area contributed by atoms with E-state index >= 15 is 0 Å². The van der Waals surface area contributed by atoms with Gasteiger partial charge in [0.05, 0.1) is 12.2 Å². The summed E-state index contributed by atoms with van der Waals surface area (Å²) >= 11 is 0. The van der Waals surface area contributed by atoms with Gasteiger partial charge < -0.3 is 10.2 Å². The van der Waals surface area contributed by atoms with Crippen LogP contribution in [0.4, 0.5) is 0 Å². The zero-order chi connectivity index (χ0) is 10.6. The van der Waals surface area contributed by atoms with Gasteiger partial charge in [0.1, 0.15) is 0 Å². The van der Waals surface area contributed by atoms with E-state index in [0.29, 0.717) is 0 Å². The van der Waals surface area contributed by atoms with E-state index in [1.807, 2.05) is 0 Å². The molecule has 0 fully saturated rings. The Morgan fingerprint density at radius 3 is 2.08 bits per heavy atom. The van der Waals surface area contributed by atoms with Crippen molar-refractivity contribution >= 4 is 21.8 Å². The number of carboxylic acids is 2. The van der Waals surface area contributed by atoms with Gasteiger partial charge in [0.25, 0.3) is 0 Å². The van der Waals surface area contributed by atoms with Crippen LogP contribution in [0.1, 0.15) is 13.3 Å². The minimum atomic E-state index is -3.83. The first-order chi connectivity index (χ1) is 5.77. The Balaban J connectivity index is 4.41. The lowest BCUT2D eigenvalue weighted by molar-refractivity contribution is -0.137. The first-order valence-electron chi connectivity index (χ1n) is 3.43. The van der Waals surface area contributed by atoms with Gasteiger partial charge in [-0.15, -0.1) is 0 Å². The smallest absolute Gasteiger partial charge is 0.321 e. The maximum atomic E-state index is 11.0. The molecule has 0 aromatic rings. The number of aliphatic carboxylic acids is 2. The van der Waals surface area contributed by atoms with Crippen LogP contribution in [0.15, 0.2) is 0 Å². The summed E-state index contributed by atoms with van der Waals surface area (Å²) in [4.78, 5) is 20.3. The predicted molar refractivity (Wildman–Crippen MR) is 43.1 cm³/mol. The van der Waals surface area contributed by atoms with Crippen LogP contribution < -0.4 is 0 Å². The molecule has 0 amide bonds. The molecule has 1 atom stereocenters. The fourth-order valence-corrected chi connectivity index (χ4v) is 1.68. The van der Waals surface area contributed by atoms with Crippen LogP contribution in [0.3, 0.4) is 0 Å². The van der Waals surface area contributed by atoms with E-state index in [9.17, 15) is 18.0 Å². The number of carbonyl (C=O) groups is 2. The van der Waals surface area contributed by atoms with Gasteiger partial charge in [0, 0.05) is 0 Å². The van der Waals surface area contributed by atoms with Gasteiger partial charge in [-0.25, -0.2) is 8.42 Å². The lowest BCUT2D eigenvalue weighted by atomic mass is 10.5. The highest BCUT2D eigenvalue weighted by Gasteiger charge is 2.27. The number of hydrogen-bond donors (Lipinski definition) is 2. The zero-order valence-corrected chi connectivity index (χ0v) is 7.74. The van der Waals surface area contributed by atoms with Crippen molar-refractivity contribution in [1.82, 2.24) is 0 Å². The third-order valence-corrected chi connectivity index (χ3v) is 3.54. The first-order valence-corrected chi connectivity index (χ1v) is 5.15. The van der Waals surface area contributed by atoms with E-state index in [1.54, 1.807) is 0 Å². The van der Waals surface area contributed by atoms with Gasteiger partial charge >= 0.3 is 11.9 Å². The largest absolute Gasteiger partial charge is 0.481 e. The quantitative estimate of drug-likeness (QED) is 0.624. The summed E-state index contributed by atoms with van der Waals surface area (Å²) in [6.45, 7) is 1.01. The fraction of sp³-hybridized carbons (Fsp3) is 0.667. The molecule has 0 saturated heterocycles. The minimum Gasteiger partial charge on any atom is -0.481 e. The van der Waals surface area contributed by atoms with Crippen molar-refractivity contribution in [2.75, 3.05) is 5.75 Å². The Hall–Kier alpha value is -1.11. The summed E-state index contributed by atoms with van der Waals surface area (Å²) in [6, 6.07) is 0. The molecule has 0 aromatic carbocycles. The normalized spacial score (nSPS) is 13.6. The monoisotopic (exact) mass is 210 g/mol. The van der Waals surface area contributed by atoms with Crippen LogP contribution in [0.2, 0.25) is 0 Å². The molecule has 0 aromatic heterocycles. The molecule has 0 aliphatic rings. The Morgan fingerprint density at radius 1 is 1.31 bits per heavy atom. The molecule has 0 heterocycles. The van der Waals surface area contributed by atoms with Crippen molar-refractivity contribution in [3.05, 3.63) is 0 Å². The van der Waals surface area contributed by atoms with Crippen molar-refractivity contribution in [2.24, 2.45) is 0 Å². The molecule has 2 N–H and O–H groups in total. The minimum absolute atomic E-state index is 0.569. The van der Waals surface area contributed by atoms with E-state index < -0.39 is 39.2 Å². The molecule has 0 bridgehead atoms. The lowest BCUT2D eigenvalue weighted by Crippen LogP contribution is -2.29. The Morgan fingerprint density at radius 2 is 1.77 bits per heavy atom. The van der Waals surface area contributed by atoms with Gasteiger partial charge in [-0.3, -0.25) is 9.59 Å². The van der Waals surface area contributed by atoms with Gasteiger partial charge in [-0.05, 0) is 6.92 Å². The van der Waals surface area contributed by atoms with Crippen LogP contribution in [0.5, 0.6) is 0 Å². The SMILES string of the molecule is CC(C(=O)O)S(=O)(=O)CCC(=O)O. The second-order valence-electron chi connectivity index (χ2n) is 2.49. The van der Waals surface area contributed by atoms with Crippen LogP contribution in [-0.4, -0.2) is 41.6 Å². The number of sulfone groups is 1. The molecule has 13 heavy (non-hydrogen) atoms. The third kappa shape index (κ3) is 3.88. The standard InChI is InChI=1S/C6H10O6S/c1-4(6(9)10)13(11,12)3-2-5(7)8/h4H,2-3H2,1H3,(H,7,8)(H,9,10). The maximum Gasteiger partial charge on any atom is 0.321 e. The maximum absolute atomic E-state index is 11.0. The summed E-state index contributed by atoms with van der Waals surface area (Å²) in [5, 5.41) is 15.0.